The van der Waals surface area contributed by atoms with Crippen molar-refractivity contribution in [3.05, 3.63) is 102 Å². The third-order valence-electron chi connectivity index (χ3n) is 4.51. The number of halogens is 1. The Kier molecular flexibility index (Phi) is 7.35. The SMILES string of the molecule is Cc1ccc(NC(=O)/C(C#N)=C/c2ccc(Oc3ccc([N+](=O)[O-])cc3[N+](=O)[O-])c(Br)c2)cc1. The Hall–Kier alpha value is -4.56. The van der Waals surface area contributed by atoms with Gasteiger partial charge in [0.25, 0.3) is 11.6 Å². The molecule has 11 heteroatoms. The van der Waals surface area contributed by atoms with E-state index < -0.39 is 27.1 Å². The van der Waals surface area contributed by atoms with Gasteiger partial charge in [0.15, 0.2) is 0 Å². The van der Waals surface area contributed by atoms with Gasteiger partial charge in [0.05, 0.1) is 20.4 Å². The van der Waals surface area contributed by atoms with Crippen LogP contribution in [0.4, 0.5) is 17.1 Å². The second-order valence-electron chi connectivity index (χ2n) is 6.95. The molecule has 0 spiro atoms. The molecule has 0 saturated carbocycles. The molecule has 1 amide bonds. The maximum atomic E-state index is 12.5. The van der Waals surface area contributed by atoms with Crippen molar-refractivity contribution in [2.75, 3.05) is 5.32 Å². The van der Waals surface area contributed by atoms with Crippen LogP contribution in [0.3, 0.4) is 0 Å². The van der Waals surface area contributed by atoms with Crippen LogP contribution in [0.5, 0.6) is 11.5 Å². The minimum atomic E-state index is -0.779. The minimum Gasteiger partial charge on any atom is -0.449 e. The molecule has 0 saturated heterocycles. The van der Waals surface area contributed by atoms with Crippen molar-refractivity contribution in [3.63, 3.8) is 0 Å². The molecule has 0 aromatic heterocycles. The van der Waals surface area contributed by atoms with Crippen LogP contribution in [0.15, 0.2) is 70.7 Å². The summed E-state index contributed by atoms with van der Waals surface area (Å²) in [5.74, 6) is -0.573. The minimum absolute atomic E-state index is 0.132. The van der Waals surface area contributed by atoms with E-state index in [9.17, 15) is 30.3 Å². The fraction of sp³-hybridized carbons (Fsp3) is 0.0435. The number of carbonyl (C=O) groups excluding carboxylic acids is 1. The molecule has 0 bridgehead atoms. The van der Waals surface area contributed by atoms with Crippen LogP contribution in [0.1, 0.15) is 11.1 Å². The summed E-state index contributed by atoms with van der Waals surface area (Å²) in [6, 6.07) is 16.6. The van der Waals surface area contributed by atoms with Gasteiger partial charge in [-0.05, 0) is 64.8 Å². The first kappa shape index (κ1) is 24.1. The van der Waals surface area contributed by atoms with E-state index in [1.54, 1.807) is 24.3 Å². The van der Waals surface area contributed by atoms with Crippen LogP contribution in [-0.2, 0) is 4.79 Å². The van der Waals surface area contributed by atoms with Gasteiger partial charge in [-0.3, -0.25) is 25.0 Å². The van der Waals surface area contributed by atoms with Gasteiger partial charge in [-0.15, -0.1) is 0 Å². The van der Waals surface area contributed by atoms with E-state index in [0.29, 0.717) is 15.7 Å². The molecular formula is C23H15BrN4O6. The molecule has 3 rings (SSSR count). The lowest BCUT2D eigenvalue weighted by Crippen LogP contribution is -2.13. The Balaban J connectivity index is 1.83. The fourth-order valence-electron chi connectivity index (χ4n) is 2.81. The second-order valence-corrected chi connectivity index (χ2v) is 7.80. The lowest BCUT2D eigenvalue weighted by molar-refractivity contribution is -0.394. The third kappa shape index (κ3) is 5.81. The largest absolute Gasteiger partial charge is 0.449 e. The number of amides is 1. The van der Waals surface area contributed by atoms with Gasteiger partial charge in [0.2, 0.25) is 5.75 Å². The Morgan fingerprint density at radius 2 is 1.71 bits per heavy atom. The predicted octanol–water partition coefficient (Wildman–Crippen LogP) is 5.91. The molecule has 0 aliphatic carbocycles. The molecule has 0 unspecified atom stereocenters. The first-order chi connectivity index (χ1) is 16.2. The molecule has 0 radical (unpaired) electrons. The number of hydrogen-bond donors (Lipinski definition) is 1. The smallest absolute Gasteiger partial charge is 0.318 e. The average Bonchev–Trinajstić information content (AvgIpc) is 2.80. The molecule has 0 aliphatic heterocycles. The van der Waals surface area contributed by atoms with Gasteiger partial charge in [-0.25, -0.2) is 0 Å². The number of nitro benzene ring substituents is 2. The van der Waals surface area contributed by atoms with E-state index in [4.69, 9.17) is 4.74 Å². The normalized spacial score (nSPS) is 10.8. The predicted molar refractivity (Wildman–Crippen MR) is 127 cm³/mol. The lowest BCUT2D eigenvalue weighted by atomic mass is 10.1. The Morgan fingerprint density at radius 1 is 1.03 bits per heavy atom. The number of benzene rings is 3. The van der Waals surface area contributed by atoms with Crippen LogP contribution in [0.2, 0.25) is 0 Å². The summed E-state index contributed by atoms with van der Waals surface area (Å²) in [4.78, 5) is 33.1. The van der Waals surface area contributed by atoms with Crippen molar-refractivity contribution in [1.82, 2.24) is 0 Å². The molecule has 0 fully saturated rings. The van der Waals surface area contributed by atoms with Crippen LogP contribution in [-0.4, -0.2) is 15.8 Å². The number of nitriles is 1. The van der Waals surface area contributed by atoms with Gasteiger partial charge < -0.3 is 10.1 Å². The molecular weight excluding hydrogens is 508 g/mol. The van der Waals surface area contributed by atoms with Gasteiger partial charge in [0.1, 0.15) is 17.4 Å². The molecule has 10 nitrogen and oxygen atoms in total. The summed E-state index contributed by atoms with van der Waals surface area (Å²) in [5, 5.41) is 34.3. The number of carbonyl (C=O) groups is 1. The van der Waals surface area contributed by atoms with Crippen LogP contribution in [0, 0.1) is 38.5 Å². The summed E-state index contributed by atoms with van der Waals surface area (Å²) in [6.07, 6.45) is 1.38. The first-order valence-corrected chi connectivity index (χ1v) is 10.4. The topological polar surface area (TPSA) is 148 Å². The van der Waals surface area contributed by atoms with E-state index in [1.807, 2.05) is 25.1 Å². The van der Waals surface area contributed by atoms with Crippen LogP contribution in [0.25, 0.3) is 6.08 Å². The zero-order valence-electron chi connectivity index (χ0n) is 17.5. The van der Waals surface area contributed by atoms with E-state index in [2.05, 4.69) is 21.2 Å². The zero-order valence-corrected chi connectivity index (χ0v) is 19.1. The third-order valence-corrected chi connectivity index (χ3v) is 5.13. The van der Waals surface area contributed by atoms with Crippen molar-refractivity contribution in [2.24, 2.45) is 0 Å². The molecule has 0 aliphatic rings. The van der Waals surface area contributed by atoms with E-state index in [-0.39, 0.29) is 17.1 Å². The van der Waals surface area contributed by atoms with Gasteiger partial charge >= 0.3 is 5.69 Å². The molecule has 3 aromatic rings. The van der Waals surface area contributed by atoms with E-state index in [0.717, 1.165) is 23.8 Å². The zero-order chi connectivity index (χ0) is 24.8. The monoisotopic (exact) mass is 522 g/mol. The summed E-state index contributed by atoms with van der Waals surface area (Å²) in [5.41, 5.74) is 0.933. The molecule has 3 aromatic carbocycles. The van der Waals surface area contributed by atoms with Gasteiger partial charge in [-0.1, -0.05) is 23.8 Å². The first-order valence-electron chi connectivity index (χ1n) is 9.58. The second kappa shape index (κ2) is 10.4. The number of hydrogen-bond acceptors (Lipinski definition) is 7. The number of ether oxygens (including phenoxy) is 1. The average molecular weight is 523 g/mol. The van der Waals surface area contributed by atoms with Crippen molar-refractivity contribution in [2.45, 2.75) is 6.92 Å². The highest BCUT2D eigenvalue weighted by atomic mass is 79.9. The number of nitro groups is 2. The van der Waals surface area contributed by atoms with Crippen molar-refractivity contribution >= 4 is 45.0 Å². The maximum Gasteiger partial charge on any atom is 0.318 e. The van der Waals surface area contributed by atoms with E-state index in [1.165, 1.54) is 12.1 Å². The number of nitrogens with one attached hydrogen (secondary N) is 1. The standard InChI is InChI=1S/C23H15BrN4O6/c1-14-2-5-17(6-3-14)26-23(29)16(13-25)10-15-4-8-21(19(24)11-15)34-22-9-7-18(27(30)31)12-20(22)28(32)33/h2-12H,1H3,(H,26,29)/b16-10+. The summed E-state index contributed by atoms with van der Waals surface area (Å²) >= 11 is 3.30. The number of aryl methyl sites for hydroxylation is 1. The number of rotatable bonds is 7. The quantitative estimate of drug-likeness (QED) is 0.175. The van der Waals surface area contributed by atoms with Gasteiger partial charge in [0, 0.05) is 11.8 Å². The van der Waals surface area contributed by atoms with Crippen molar-refractivity contribution < 1.29 is 19.4 Å². The highest BCUT2D eigenvalue weighted by Crippen LogP contribution is 2.37. The molecule has 1 N–H and O–H groups in total. The Bertz CT molecular complexity index is 1360. The number of anilines is 1. The highest BCUT2D eigenvalue weighted by molar-refractivity contribution is 9.10. The summed E-state index contributed by atoms with van der Waals surface area (Å²) in [6.45, 7) is 1.91. The molecule has 0 atom stereocenters. The van der Waals surface area contributed by atoms with Crippen molar-refractivity contribution in [3.8, 4) is 17.6 Å². The van der Waals surface area contributed by atoms with E-state index >= 15 is 0 Å². The lowest BCUT2D eigenvalue weighted by Gasteiger charge is -2.09. The fourth-order valence-corrected chi connectivity index (χ4v) is 3.28. The van der Waals surface area contributed by atoms with Gasteiger partial charge in [-0.2, -0.15) is 5.26 Å². The number of nitrogens with zero attached hydrogens (tertiary/aromatic N) is 3. The highest BCUT2D eigenvalue weighted by Gasteiger charge is 2.22. The Labute approximate surface area is 201 Å². The summed E-state index contributed by atoms with van der Waals surface area (Å²) < 4.78 is 5.96. The van der Waals surface area contributed by atoms with Crippen LogP contribution < -0.4 is 10.1 Å². The van der Waals surface area contributed by atoms with Crippen LogP contribution >= 0.6 is 15.9 Å². The summed E-state index contributed by atoms with van der Waals surface area (Å²) in [7, 11) is 0. The molecule has 34 heavy (non-hydrogen) atoms. The molecule has 0 heterocycles. The number of non-ortho nitro benzene ring substituents is 1. The Morgan fingerprint density at radius 3 is 2.29 bits per heavy atom. The molecule has 170 valence electrons. The van der Waals surface area contributed by atoms with Crippen molar-refractivity contribution in [1.29, 1.82) is 5.26 Å². The maximum absolute atomic E-state index is 12.5.